The summed E-state index contributed by atoms with van der Waals surface area (Å²) in [5.41, 5.74) is 3.17. The van der Waals surface area contributed by atoms with Crippen LogP contribution in [0, 0.1) is 0 Å². The number of carbonyl (C=O) groups excluding carboxylic acids is 2. The first-order valence-corrected chi connectivity index (χ1v) is 12.3. The molecule has 0 unspecified atom stereocenters. The minimum Gasteiger partial charge on any atom is -0.348 e. The van der Waals surface area contributed by atoms with Crippen molar-refractivity contribution in [3.8, 4) is 0 Å². The molecule has 0 saturated heterocycles. The number of carbonyl (C=O) groups is 2. The molecule has 0 aliphatic carbocycles. The lowest BCUT2D eigenvalue weighted by molar-refractivity contribution is -0.118. The van der Waals surface area contributed by atoms with Crippen molar-refractivity contribution >= 4 is 46.6 Å². The van der Waals surface area contributed by atoms with Gasteiger partial charge in [0.05, 0.1) is 12.3 Å². The maximum Gasteiger partial charge on any atom is 0.230 e. The largest absolute Gasteiger partial charge is 0.348 e. The Hall–Kier alpha value is -2.16. The van der Waals surface area contributed by atoms with Gasteiger partial charge < -0.3 is 5.32 Å². The van der Waals surface area contributed by atoms with Gasteiger partial charge in [-0.15, -0.1) is 10.2 Å². The molecule has 0 aliphatic rings. The highest BCUT2D eigenvalue weighted by molar-refractivity contribution is 8.03. The fourth-order valence-corrected chi connectivity index (χ4v) is 5.35. The van der Waals surface area contributed by atoms with Gasteiger partial charge in [0.15, 0.2) is 14.5 Å². The number of Topliss-reactive ketones (excluding diaryl/α,β-unsaturated/α-hetero) is 1. The zero-order valence-electron chi connectivity index (χ0n) is 16.8. The summed E-state index contributed by atoms with van der Waals surface area (Å²) in [5, 5.41) is 11.0. The molecule has 3 rings (SSSR count). The monoisotopic (exact) mass is 457 g/mol. The van der Waals surface area contributed by atoms with Crippen LogP contribution in [0.2, 0.25) is 0 Å². The molecule has 156 valence electrons. The molecule has 1 N–H and O–H groups in total. The summed E-state index contributed by atoms with van der Waals surface area (Å²) in [6.45, 7) is 4.37. The summed E-state index contributed by atoms with van der Waals surface area (Å²) in [4.78, 5) is 24.0. The van der Waals surface area contributed by atoms with Crippen LogP contribution in [0.5, 0.6) is 0 Å². The molecule has 2 aromatic carbocycles. The van der Waals surface area contributed by atoms with Crippen LogP contribution in [-0.4, -0.2) is 34.2 Å². The number of hydrogen-bond donors (Lipinski definition) is 1. The highest BCUT2D eigenvalue weighted by Gasteiger charge is 2.11. The Kier molecular flexibility index (Phi) is 8.48. The van der Waals surface area contributed by atoms with E-state index >= 15 is 0 Å². The van der Waals surface area contributed by atoms with E-state index in [0.29, 0.717) is 11.5 Å². The van der Waals surface area contributed by atoms with E-state index in [9.17, 15) is 9.59 Å². The van der Waals surface area contributed by atoms with Crippen LogP contribution in [0.15, 0.2) is 63.3 Å². The van der Waals surface area contributed by atoms with Gasteiger partial charge in [-0.05, 0) is 17.0 Å². The van der Waals surface area contributed by atoms with Crippen LogP contribution in [-0.2, 0) is 10.5 Å². The predicted molar refractivity (Wildman–Crippen MR) is 125 cm³/mol. The Morgan fingerprint density at radius 1 is 0.967 bits per heavy atom. The normalized spacial score (nSPS) is 10.9. The van der Waals surface area contributed by atoms with Crippen molar-refractivity contribution in [2.75, 3.05) is 12.3 Å². The first-order valence-electron chi connectivity index (χ1n) is 9.54. The van der Waals surface area contributed by atoms with Crippen molar-refractivity contribution in [2.24, 2.45) is 0 Å². The molecule has 0 aliphatic heterocycles. The molecule has 0 atom stereocenters. The number of amides is 1. The van der Waals surface area contributed by atoms with Crippen LogP contribution in [0.4, 0.5) is 0 Å². The van der Waals surface area contributed by atoms with Gasteiger partial charge in [-0.25, -0.2) is 0 Å². The SMILES string of the molecule is CC(C)c1ccc(CSc2nnc(SCC(=O)NCC(=O)c3ccccc3)s2)cc1. The second-order valence-electron chi connectivity index (χ2n) is 6.87. The minimum atomic E-state index is -0.195. The van der Waals surface area contributed by atoms with Gasteiger partial charge >= 0.3 is 0 Å². The highest BCUT2D eigenvalue weighted by atomic mass is 32.2. The smallest absolute Gasteiger partial charge is 0.230 e. The van der Waals surface area contributed by atoms with Gasteiger partial charge in [-0.1, -0.05) is 103 Å². The molecule has 0 saturated carbocycles. The molecule has 0 radical (unpaired) electrons. The average Bonchev–Trinajstić information content (AvgIpc) is 3.23. The number of nitrogens with one attached hydrogen (secondary N) is 1. The number of thioether (sulfide) groups is 2. The Bertz CT molecular complexity index is 973. The van der Waals surface area contributed by atoms with Crippen molar-refractivity contribution < 1.29 is 9.59 Å². The molecule has 30 heavy (non-hydrogen) atoms. The van der Waals surface area contributed by atoms with Gasteiger partial charge in [-0.3, -0.25) is 9.59 Å². The van der Waals surface area contributed by atoms with Crippen molar-refractivity contribution in [1.82, 2.24) is 15.5 Å². The van der Waals surface area contributed by atoms with Gasteiger partial charge in [0.1, 0.15) is 0 Å². The zero-order valence-corrected chi connectivity index (χ0v) is 19.3. The molecule has 5 nitrogen and oxygen atoms in total. The quantitative estimate of drug-likeness (QED) is 0.339. The lowest BCUT2D eigenvalue weighted by atomic mass is 10.0. The van der Waals surface area contributed by atoms with E-state index in [0.717, 1.165) is 14.4 Å². The van der Waals surface area contributed by atoms with Crippen LogP contribution in [0.1, 0.15) is 41.3 Å². The number of benzene rings is 2. The summed E-state index contributed by atoms with van der Waals surface area (Å²) in [6, 6.07) is 17.6. The van der Waals surface area contributed by atoms with Crippen molar-refractivity contribution in [2.45, 2.75) is 34.2 Å². The third kappa shape index (κ3) is 6.97. The summed E-state index contributed by atoms with van der Waals surface area (Å²) >= 11 is 4.45. The maximum atomic E-state index is 12.0. The zero-order chi connectivity index (χ0) is 21.3. The number of rotatable bonds is 10. The van der Waals surface area contributed by atoms with Gasteiger partial charge in [0.2, 0.25) is 5.91 Å². The van der Waals surface area contributed by atoms with Gasteiger partial charge in [-0.2, -0.15) is 0 Å². The molecule has 0 fully saturated rings. The summed E-state index contributed by atoms with van der Waals surface area (Å²) < 4.78 is 1.63. The van der Waals surface area contributed by atoms with E-state index in [-0.39, 0.29) is 24.0 Å². The van der Waals surface area contributed by atoms with E-state index < -0.39 is 0 Å². The summed E-state index contributed by atoms with van der Waals surface area (Å²) in [7, 11) is 0. The number of nitrogens with zero attached hydrogens (tertiary/aromatic N) is 2. The fourth-order valence-electron chi connectivity index (χ4n) is 2.54. The predicted octanol–water partition coefficient (Wildman–Crippen LogP) is 5.05. The molecule has 1 aromatic heterocycles. The Morgan fingerprint density at radius 2 is 1.63 bits per heavy atom. The Balaban J connectivity index is 1.39. The van der Waals surface area contributed by atoms with Crippen molar-refractivity contribution in [3.63, 3.8) is 0 Å². The number of hydrogen-bond acceptors (Lipinski definition) is 7. The highest BCUT2D eigenvalue weighted by Crippen LogP contribution is 2.30. The summed E-state index contributed by atoms with van der Waals surface area (Å²) in [6.07, 6.45) is 0. The second kappa shape index (κ2) is 11.3. The first-order chi connectivity index (χ1) is 14.5. The number of ketones is 1. The first kappa shape index (κ1) is 22.5. The molecule has 1 amide bonds. The van der Waals surface area contributed by atoms with Crippen LogP contribution in [0.25, 0.3) is 0 Å². The van der Waals surface area contributed by atoms with Crippen LogP contribution < -0.4 is 5.32 Å². The maximum absolute atomic E-state index is 12.0. The third-order valence-corrected chi connectivity index (χ3v) is 7.53. The topological polar surface area (TPSA) is 72.0 Å². The molecule has 3 aromatic rings. The van der Waals surface area contributed by atoms with E-state index in [2.05, 4.69) is 53.6 Å². The van der Waals surface area contributed by atoms with Crippen LogP contribution in [0.3, 0.4) is 0 Å². The average molecular weight is 458 g/mol. The molecular formula is C22H23N3O2S3. The second-order valence-corrected chi connectivity index (χ2v) is 10.3. The fraction of sp³-hybridized carbons (Fsp3) is 0.273. The molecule has 0 bridgehead atoms. The molecule has 1 heterocycles. The standard InChI is InChI=1S/C22H23N3O2S3/c1-15(2)17-10-8-16(9-11-17)13-28-21-24-25-22(30-21)29-14-20(27)23-12-19(26)18-6-4-3-5-7-18/h3-11,15H,12-14H2,1-2H3,(H,23,27). The van der Waals surface area contributed by atoms with Gasteiger partial charge in [0.25, 0.3) is 0 Å². The molecule has 8 heteroatoms. The van der Waals surface area contributed by atoms with E-state index in [1.165, 1.54) is 34.2 Å². The Morgan fingerprint density at radius 3 is 2.30 bits per heavy atom. The van der Waals surface area contributed by atoms with Crippen molar-refractivity contribution in [3.05, 3.63) is 71.3 Å². The van der Waals surface area contributed by atoms with E-state index in [1.807, 2.05) is 6.07 Å². The van der Waals surface area contributed by atoms with Gasteiger partial charge in [0, 0.05) is 11.3 Å². The van der Waals surface area contributed by atoms with E-state index in [1.54, 1.807) is 36.0 Å². The Labute approximate surface area is 189 Å². The lowest BCUT2D eigenvalue weighted by Crippen LogP contribution is -2.30. The van der Waals surface area contributed by atoms with Crippen LogP contribution >= 0.6 is 34.9 Å². The lowest BCUT2D eigenvalue weighted by Gasteiger charge is -2.06. The summed E-state index contributed by atoms with van der Waals surface area (Å²) in [5.74, 6) is 1.27. The third-order valence-electron chi connectivity index (χ3n) is 4.27. The number of aromatic nitrogens is 2. The minimum absolute atomic E-state index is 0.00374. The molecule has 0 spiro atoms. The van der Waals surface area contributed by atoms with E-state index in [4.69, 9.17) is 0 Å². The van der Waals surface area contributed by atoms with Crippen molar-refractivity contribution in [1.29, 1.82) is 0 Å². The molecular weight excluding hydrogens is 434 g/mol.